The fourth-order valence-corrected chi connectivity index (χ4v) is 4.75. The van der Waals surface area contributed by atoms with E-state index in [0.717, 1.165) is 29.4 Å². The highest BCUT2D eigenvalue weighted by Crippen LogP contribution is 2.43. The van der Waals surface area contributed by atoms with Crippen LogP contribution in [0.15, 0.2) is 24.2 Å². The zero-order chi connectivity index (χ0) is 21.0. The predicted octanol–water partition coefficient (Wildman–Crippen LogP) is 7.34. The van der Waals surface area contributed by atoms with E-state index in [1.165, 1.54) is 71.3 Å². The zero-order valence-electron chi connectivity index (χ0n) is 18.7. The molecular weight excluding hydrogens is 342 g/mol. The molecule has 3 rings (SSSR count). The standard InChI is InChI=1S/C17H24N2.C7H14.CH5N/c1-5-14-13-15(6-2)19(16(14)18-4)17(7-3)11-9-8-10-12-17;1-7-5-3-2-4-6-7;1-2/h5-6,13H,1-2,4,7-12H2,3H3;7H,2-6H2,1H3;2H2,1H3. The second-order valence-electron chi connectivity index (χ2n) is 8.13. The molecule has 2 saturated carbocycles. The van der Waals surface area contributed by atoms with Gasteiger partial charge in [-0.05, 0) is 51.1 Å². The lowest BCUT2D eigenvalue weighted by molar-refractivity contribution is 0.187. The molecule has 158 valence electrons. The number of nitrogens with two attached hydrogens (primary N) is 1. The largest absolute Gasteiger partial charge is 0.333 e. The van der Waals surface area contributed by atoms with Crippen LogP contribution in [0.1, 0.15) is 95.7 Å². The molecule has 3 nitrogen and oxygen atoms in total. The molecule has 1 heterocycles. The molecule has 0 radical (unpaired) electrons. The van der Waals surface area contributed by atoms with Crippen molar-refractivity contribution in [3.63, 3.8) is 0 Å². The van der Waals surface area contributed by atoms with Gasteiger partial charge in [-0.2, -0.15) is 0 Å². The Hall–Kier alpha value is -1.61. The second-order valence-corrected chi connectivity index (χ2v) is 8.13. The molecule has 1 aromatic heterocycles. The van der Waals surface area contributed by atoms with Gasteiger partial charge in [0.2, 0.25) is 0 Å². The van der Waals surface area contributed by atoms with Gasteiger partial charge in [0.25, 0.3) is 0 Å². The van der Waals surface area contributed by atoms with E-state index in [0.29, 0.717) is 0 Å². The normalized spacial score (nSPS) is 18.7. The van der Waals surface area contributed by atoms with Gasteiger partial charge < -0.3 is 10.3 Å². The van der Waals surface area contributed by atoms with E-state index in [9.17, 15) is 0 Å². The van der Waals surface area contributed by atoms with Gasteiger partial charge in [-0.25, -0.2) is 4.99 Å². The Morgan fingerprint density at radius 2 is 1.64 bits per heavy atom. The van der Waals surface area contributed by atoms with Crippen LogP contribution in [-0.2, 0) is 5.54 Å². The summed E-state index contributed by atoms with van der Waals surface area (Å²) >= 11 is 0. The summed E-state index contributed by atoms with van der Waals surface area (Å²) in [4.78, 5) is 4.27. The van der Waals surface area contributed by atoms with Gasteiger partial charge >= 0.3 is 0 Å². The maximum absolute atomic E-state index is 4.50. The fraction of sp³-hybridized carbons (Fsp3) is 0.640. The lowest BCUT2D eigenvalue weighted by Gasteiger charge is -2.40. The maximum atomic E-state index is 4.50. The summed E-state index contributed by atoms with van der Waals surface area (Å²) in [6.45, 7) is 16.2. The minimum Gasteiger partial charge on any atom is -0.333 e. The van der Waals surface area contributed by atoms with Crippen molar-refractivity contribution in [2.75, 3.05) is 7.05 Å². The Morgan fingerprint density at radius 1 is 1.07 bits per heavy atom. The highest BCUT2D eigenvalue weighted by Gasteiger charge is 2.35. The summed E-state index contributed by atoms with van der Waals surface area (Å²) in [5, 5.41) is 0. The van der Waals surface area contributed by atoms with Crippen molar-refractivity contribution >= 4 is 24.7 Å². The topological polar surface area (TPSA) is 43.3 Å². The molecule has 0 unspecified atom stereocenters. The van der Waals surface area contributed by atoms with E-state index in [2.05, 4.69) is 55.1 Å². The van der Waals surface area contributed by atoms with Gasteiger partial charge in [-0.15, -0.1) is 0 Å². The van der Waals surface area contributed by atoms with Crippen molar-refractivity contribution in [2.24, 2.45) is 16.6 Å². The molecule has 3 heteroatoms. The van der Waals surface area contributed by atoms with Crippen LogP contribution in [0.5, 0.6) is 0 Å². The molecule has 0 bridgehead atoms. The third kappa shape index (κ3) is 5.94. The van der Waals surface area contributed by atoms with Crippen LogP contribution < -0.4 is 5.73 Å². The fourth-order valence-electron chi connectivity index (χ4n) is 4.75. The molecule has 0 amide bonds. The van der Waals surface area contributed by atoms with Crippen LogP contribution in [-0.4, -0.2) is 18.3 Å². The Kier molecular flexibility index (Phi) is 11.1. The second kappa shape index (κ2) is 12.8. The number of hydrogen-bond donors (Lipinski definition) is 1. The van der Waals surface area contributed by atoms with E-state index in [1.54, 1.807) is 0 Å². The Labute approximate surface area is 173 Å². The molecule has 2 fully saturated rings. The lowest BCUT2D eigenvalue weighted by atomic mass is 9.79. The third-order valence-electron chi connectivity index (χ3n) is 6.42. The van der Waals surface area contributed by atoms with Gasteiger partial charge in [-0.1, -0.05) is 84.4 Å². The van der Waals surface area contributed by atoms with E-state index in [4.69, 9.17) is 0 Å². The molecule has 1 aromatic rings. The quantitative estimate of drug-likeness (QED) is 0.529. The zero-order valence-corrected chi connectivity index (χ0v) is 18.7. The summed E-state index contributed by atoms with van der Waals surface area (Å²) in [5.74, 6) is 1.99. The number of nitrogens with zero attached hydrogens (tertiary/aromatic N) is 2. The average Bonchev–Trinajstić information content (AvgIpc) is 3.15. The first-order valence-corrected chi connectivity index (χ1v) is 11.2. The van der Waals surface area contributed by atoms with Crippen molar-refractivity contribution in [3.05, 3.63) is 30.5 Å². The summed E-state index contributed by atoms with van der Waals surface area (Å²) in [6.07, 6.45) is 18.7. The molecule has 0 atom stereocenters. The molecule has 2 N–H and O–H groups in total. The first-order chi connectivity index (χ1) is 13.6. The summed E-state index contributed by atoms with van der Waals surface area (Å²) in [5.41, 5.74) is 6.88. The maximum Gasteiger partial charge on any atom is 0.140 e. The number of aliphatic imine (C=N–C) groups is 1. The van der Waals surface area contributed by atoms with Crippen LogP contribution in [0, 0.1) is 5.92 Å². The smallest absolute Gasteiger partial charge is 0.140 e. The van der Waals surface area contributed by atoms with Gasteiger partial charge in [0, 0.05) is 16.8 Å². The molecule has 0 spiro atoms. The monoisotopic (exact) mass is 385 g/mol. The van der Waals surface area contributed by atoms with E-state index >= 15 is 0 Å². The van der Waals surface area contributed by atoms with Gasteiger partial charge in [0.15, 0.2) is 0 Å². The Bertz CT molecular complexity index is 600. The number of aromatic nitrogens is 1. The number of hydrogen-bond acceptors (Lipinski definition) is 2. The van der Waals surface area contributed by atoms with Crippen LogP contribution in [0.2, 0.25) is 0 Å². The van der Waals surface area contributed by atoms with E-state index in [1.807, 2.05) is 12.2 Å². The highest BCUT2D eigenvalue weighted by molar-refractivity contribution is 5.68. The lowest BCUT2D eigenvalue weighted by Crippen LogP contribution is -2.35. The van der Waals surface area contributed by atoms with Crippen LogP contribution in [0.3, 0.4) is 0 Å². The highest BCUT2D eigenvalue weighted by atomic mass is 15.1. The van der Waals surface area contributed by atoms with Crippen LogP contribution in [0.4, 0.5) is 5.82 Å². The molecular formula is C25H43N3. The first kappa shape index (κ1) is 24.4. The van der Waals surface area contributed by atoms with E-state index < -0.39 is 0 Å². The van der Waals surface area contributed by atoms with Gasteiger partial charge in [0.05, 0.1) is 0 Å². The molecule has 0 aromatic carbocycles. The molecule has 0 saturated heterocycles. The van der Waals surface area contributed by atoms with Crippen LogP contribution in [0.25, 0.3) is 12.2 Å². The molecule has 28 heavy (non-hydrogen) atoms. The van der Waals surface area contributed by atoms with Crippen LogP contribution >= 0.6 is 0 Å². The molecule has 0 aliphatic heterocycles. The van der Waals surface area contributed by atoms with E-state index in [-0.39, 0.29) is 5.54 Å². The van der Waals surface area contributed by atoms with Crippen molar-refractivity contribution < 1.29 is 0 Å². The summed E-state index contributed by atoms with van der Waals surface area (Å²) < 4.78 is 2.36. The van der Waals surface area contributed by atoms with Crippen molar-refractivity contribution in [3.8, 4) is 0 Å². The Balaban J connectivity index is 0.000000363. The average molecular weight is 386 g/mol. The first-order valence-electron chi connectivity index (χ1n) is 11.2. The molecule has 2 aliphatic rings. The number of rotatable bonds is 5. The van der Waals surface area contributed by atoms with Crippen molar-refractivity contribution in [2.45, 2.75) is 90.0 Å². The van der Waals surface area contributed by atoms with Crippen molar-refractivity contribution in [1.29, 1.82) is 0 Å². The van der Waals surface area contributed by atoms with Crippen molar-refractivity contribution in [1.82, 2.24) is 4.57 Å². The minimum absolute atomic E-state index is 0.180. The summed E-state index contributed by atoms with van der Waals surface area (Å²) in [6, 6.07) is 2.12. The minimum atomic E-state index is 0.180. The SMILES string of the molecule is C=Cc1cc(C=C)n(C2(CC)CCCCC2)c1N=C.CC1CCCCC1.CN. The van der Waals surface area contributed by atoms with Gasteiger partial charge in [0.1, 0.15) is 5.82 Å². The Morgan fingerprint density at radius 3 is 2.04 bits per heavy atom. The third-order valence-corrected chi connectivity index (χ3v) is 6.42. The summed E-state index contributed by atoms with van der Waals surface area (Å²) in [7, 11) is 1.50. The van der Waals surface area contributed by atoms with Gasteiger partial charge in [-0.3, -0.25) is 0 Å². The molecule has 2 aliphatic carbocycles. The predicted molar refractivity (Wildman–Crippen MR) is 128 cm³/mol.